The molecule has 0 aromatic heterocycles. The number of fused-ring (bicyclic) bond motifs is 2. The summed E-state index contributed by atoms with van der Waals surface area (Å²) < 4.78 is 5.76. The number of Topliss-reactive ketones (excluding diaryl/α,β-unsaturated/α-hetero) is 1. The Morgan fingerprint density at radius 3 is 2.65 bits per heavy atom. The fourth-order valence-electron chi connectivity index (χ4n) is 3.43. The van der Waals surface area contributed by atoms with Gasteiger partial charge in [0.1, 0.15) is 5.75 Å². The summed E-state index contributed by atoms with van der Waals surface area (Å²) >= 11 is 0. The number of para-hydroxylation sites is 1. The molecule has 3 aromatic rings. The highest BCUT2D eigenvalue weighted by molar-refractivity contribution is 6.03. The number of benzene rings is 3. The minimum atomic E-state index is -0.796. The molecule has 2 atom stereocenters. The number of ether oxygens (including phenoxy) is 1. The average molecular weight is 345 g/mol. The fourth-order valence-corrected chi connectivity index (χ4v) is 3.43. The summed E-state index contributed by atoms with van der Waals surface area (Å²) in [6.07, 6.45) is -0.736. The zero-order valence-electron chi connectivity index (χ0n) is 14.4. The SMILES string of the molecule is C[C@@H](NC(=O)C1CC(=O)c2ccccc2O1)c1cccc2ccccc12. The van der Waals surface area contributed by atoms with E-state index >= 15 is 0 Å². The normalized spacial score (nSPS) is 17.3. The molecule has 4 heteroatoms. The molecule has 0 spiro atoms. The minimum absolute atomic E-state index is 0.0606. The lowest BCUT2D eigenvalue weighted by Gasteiger charge is -2.26. The van der Waals surface area contributed by atoms with E-state index in [2.05, 4.69) is 5.32 Å². The second-order valence-corrected chi connectivity index (χ2v) is 6.53. The largest absolute Gasteiger partial charge is 0.479 e. The molecule has 0 aliphatic carbocycles. The van der Waals surface area contributed by atoms with Crippen molar-refractivity contribution in [3.63, 3.8) is 0 Å². The van der Waals surface area contributed by atoms with Gasteiger partial charge >= 0.3 is 0 Å². The van der Waals surface area contributed by atoms with Crippen LogP contribution in [0, 0.1) is 0 Å². The van der Waals surface area contributed by atoms with Crippen molar-refractivity contribution < 1.29 is 14.3 Å². The third-order valence-corrected chi connectivity index (χ3v) is 4.77. The van der Waals surface area contributed by atoms with E-state index in [4.69, 9.17) is 4.74 Å². The predicted molar refractivity (Wildman–Crippen MR) is 100 cm³/mol. The molecule has 1 unspecified atom stereocenters. The number of hydrogen-bond acceptors (Lipinski definition) is 3. The summed E-state index contributed by atoms with van der Waals surface area (Å²) in [4.78, 5) is 25.0. The van der Waals surface area contributed by atoms with Crippen molar-refractivity contribution in [2.75, 3.05) is 0 Å². The van der Waals surface area contributed by atoms with Crippen LogP contribution < -0.4 is 10.1 Å². The van der Waals surface area contributed by atoms with Crippen LogP contribution in [0.3, 0.4) is 0 Å². The van der Waals surface area contributed by atoms with Crippen LogP contribution in [0.1, 0.15) is 35.3 Å². The first-order valence-corrected chi connectivity index (χ1v) is 8.70. The molecule has 0 saturated heterocycles. The van der Waals surface area contributed by atoms with E-state index in [1.54, 1.807) is 24.3 Å². The van der Waals surface area contributed by atoms with Gasteiger partial charge in [-0.25, -0.2) is 0 Å². The number of nitrogens with one attached hydrogen (secondary N) is 1. The van der Waals surface area contributed by atoms with Crippen molar-refractivity contribution in [3.05, 3.63) is 77.9 Å². The summed E-state index contributed by atoms with van der Waals surface area (Å²) in [5, 5.41) is 5.23. The number of ketones is 1. The van der Waals surface area contributed by atoms with Crippen LogP contribution in [0.4, 0.5) is 0 Å². The molecule has 130 valence electrons. The molecule has 1 aliphatic rings. The van der Waals surface area contributed by atoms with Crippen LogP contribution in [0.5, 0.6) is 5.75 Å². The van der Waals surface area contributed by atoms with Crippen LogP contribution in [0.25, 0.3) is 10.8 Å². The molecule has 0 saturated carbocycles. The van der Waals surface area contributed by atoms with Gasteiger partial charge in [-0.15, -0.1) is 0 Å². The van der Waals surface area contributed by atoms with Gasteiger partial charge in [-0.3, -0.25) is 9.59 Å². The van der Waals surface area contributed by atoms with Gasteiger partial charge in [-0.1, -0.05) is 54.6 Å². The van der Waals surface area contributed by atoms with E-state index in [0.717, 1.165) is 16.3 Å². The molecule has 0 bridgehead atoms. The molecule has 4 rings (SSSR count). The molecular weight excluding hydrogens is 326 g/mol. The maximum Gasteiger partial charge on any atom is 0.262 e. The van der Waals surface area contributed by atoms with E-state index in [1.165, 1.54) is 0 Å². The summed E-state index contributed by atoms with van der Waals surface area (Å²) in [6.45, 7) is 1.94. The van der Waals surface area contributed by atoms with Gasteiger partial charge in [-0.05, 0) is 35.4 Å². The van der Waals surface area contributed by atoms with Crippen molar-refractivity contribution in [1.82, 2.24) is 5.32 Å². The second kappa shape index (κ2) is 6.64. The Bertz CT molecular complexity index is 990. The average Bonchev–Trinajstić information content (AvgIpc) is 2.67. The monoisotopic (exact) mass is 345 g/mol. The maximum absolute atomic E-state index is 12.7. The highest BCUT2D eigenvalue weighted by Crippen LogP contribution is 2.28. The van der Waals surface area contributed by atoms with Gasteiger partial charge in [0.25, 0.3) is 5.91 Å². The van der Waals surface area contributed by atoms with Crippen LogP contribution in [0.15, 0.2) is 66.7 Å². The Morgan fingerprint density at radius 2 is 1.77 bits per heavy atom. The molecular formula is C22H19NO3. The van der Waals surface area contributed by atoms with E-state index in [-0.39, 0.29) is 24.2 Å². The standard InChI is InChI=1S/C22H19NO3/c1-14(16-11-6-8-15-7-2-3-9-17(15)16)23-22(25)21-13-19(24)18-10-4-5-12-20(18)26-21/h2-12,14,21H,13H2,1H3,(H,23,25)/t14-,21?/m1/s1. The van der Waals surface area contributed by atoms with Crippen LogP contribution in [-0.4, -0.2) is 17.8 Å². The maximum atomic E-state index is 12.7. The Balaban J connectivity index is 1.54. The molecule has 0 radical (unpaired) electrons. The molecule has 1 aliphatic heterocycles. The lowest BCUT2D eigenvalue weighted by Crippen LogP contribution is -2.42. The van der Waals surface area contributed by atoms with Crippen molar-refractivity contribution in [3.8, 4) is 5.75 Å². The second-order valence-electron chi connectivity index (χ2n) is 6.53. The minimum Gasteiger partial charge on any atom is -0.479 e. The molecule has 1 heterocycles. The Labute approximate surface area is 151 Å². The Hall–Kier alpha value is -3.14. The highest BCUT2D eigenvalue weighted by atomic mass is 16.5. The highest BCUT2D eigenvalue weighted by Gasteiger charge is 2.32. The van der Waals surface area contributed by atoms with Crippen molar-refractivity contribution in [2.45, 2.75) is 25.5 Å². The number of hydrogen-bond donors (Lipinski definition) is 1. The summed E-state index contributed by atoms with van der Waals surface area (Å²) in [5.41, 5.74) is 1.58. The Kier molecular flexibility index (Phi) is 4.17. The number of carbonyl (C=O) groups is 2. The van der Waals surface area contributed by atoms with Crippen LogP contribution in [0.2, 0.25) is 0 Å². The van der Waals surface area contributed by atoms with Crippen molar-refractivity contribution >= 4 is 22.5 Å². The summed E-state index contributed by atoms with van der Waals surface area (Å²) in [7, 11) is 0. The Morgan fingerprint density at radius 1 is 1.04 bits per heavy atom. The zero-order chi connectivity index (χ0) is 18.1. The van der Waals surface area contributed by atoms with E-state index in [9.17, 15) is 9.59 Å². The first-order valence-electron chi connectivity index (χ1n) is 8.70. The lowest BCUT2D eigenvalue weighted by atomic mass is 9.98. The first-order chi connectivity index (χ1) is 12.6. The zero-order valence-corrected chi connectivity index (χ0v) is 14.4. The number of carbonyl (C=O) groups excluding carboxylic acids is 2. The molecule has 1 N–H and O–H groups in total. The smallest absolute Gasteiger partial charge is 0.262 e. The van der Waals surface area contributed by atoms with E-state index in [1.807, 2.05) is 49.4 Å². The molecule has 3 aromatic carbocycles. The topological polar surface area (TPSA) is 55.4 Å². The van der Waals surface area contributed by atoms with Gasteiger partial charge in [0.2, 0.25) is 0 Å². The van der Waals surface area contributed by atoms with Crippen molar-refractivity contribution in [1.29, 1.82) is 0 Å². The third kappa shape index (κ3) is 2.94. The van der Waals surface area contributed by atoms with Gasteiger partial charge in [0.05, 0.1) is 18.0 Å². The predicted octanol–water partition coefficient (Wildman–Crippen LogP) is 4.05. The number of rotatable bonds is 3. The quantitative estimate of drug-likeness (QED) is 0.779. The van der Waals surface area contributed by atoms with E-state index in [0.29, 0.717) is 11.3 Å². The summed E-state index contributed by atoms with van der Waals surface area (Å²) in [6, 6.07) is 21.0. The lowest BCUT2D eigenvalue weighted by molar-refractivity contribution is -0.128. The van der Waals surface area contributed by atoms with E-state index < -0.39 is 6.10 Å². The van der Waals surface area contributed by atoms with Crippen LogP contribution in [-0.2, 0) is 4.79 Å². The third-order valence-electron chi connectivity index (χ3n) is 4.77. The van der Waals surface area contributed by atoms with Gasteiger partial charge in [-0.2, -0.15) is 0 Å². The van der Waals surface area contributed by atoms with Crippen molar-refractivity contribution in [2.24, 2.45) is 0 Å². The fraction of sp³-hybridized carbons (Fsp3) is 0.182. The van der Waals surface area contributed by atoms with Gasteiger partial charge in [0.15, 0.2) is 11.9 Å². The number of amides is 1. The van der Waals surface area contributed by atoms with Gasteiger partial charge in [0, 0.05) is 0 Å². The summed E-state index contributed by atoms with van der Waals surface area (Å²) in [5.74, 6) is 0.139. The molecule has 0 fully saturated rings. The van der Waals surface area contributed by atoms with Crippen LogP contribution >= 0.6 is 0 Å². The first kappa shape index (κ1) is 16.3. The molecule has 26 heavy (non-hydrogen) atoms. The molecule has 1 amide bonds. The molecule has 4 nitrogen and oxygen atoms in total. The van der Waals surface area contributed by atoms with Gasteiger partial charge < -0.3 is 10.1 Å².